The van der Waals surface area contributed by atoms with E-state index in [9.17, 15) is 4.79 Å². The predicted molar refractivity (Wildman–Crippen MR) is 136 cm³/mol. The van der Waals surface area contributed by atoms with Gasteiger partial charge in [-0.1, -0.05) is 48.0 Å². The van der Waals surface area contributed by atoms with Gasteiger partial charge in [-0.05, 0) is 73.0 Å². The van der Waals surface area contributed by atoms with Gasteiger partial charge in [0.2, 0.25) is 0 Å². The Bertz CT molecular complexity index is 1330. The molecule has 1 aliphatic rings. The molecule has 6 heteroatoms. The number of carbonyl (C=O) groups excluding carboxylic acids is 1. The van der Waals surface area contributed by atoms with Gasteiger partial charge in [0.1, 0.15) is 5.75 Å². The number of rotatable bonds is 4. The first-order chi connectivity index (χ1) is 16.5. The first-order valence-corrected chi connectivity index (χ1v) is 11.7. The van der Waals surface area contributed by atoms with Gasteiger partial charge in [-0.2, -0.15) is 0 Å². The maximum Gasteiger partial charge on any atom is 0.323 e. The van der Waals surface area contributed by atoms with Crippen molar-refractivity contribution in [1.29, 1.82) is 0 Å². The van der Waals surface area contributed by atoms with Gasteiger partial charge in [-0.15, -0.1) is 0 Å². The first-order valence-electron chi connectivity index (χ1n) is 11.4. The Balaban J connectivity index is 1.60. The van der Waals surface area contributed by atoms with Crippen LogP contribution in [-0.4, -0.2) is 22.1 Å². The topological polar surface area (TPSA) is 46.5 Å². The summed E-state index contributed by atoms with van der Waals surface area (Å²) in [6, 6.07) is 25.4. The highest BCUT2D eigenvalue weighted by molar-refractivity contribution is 6.33. The third kappa shape index (κ3) is 4.15. The molecule has 2 amide bonds. The number of ether oxygens (including phenoxy) is 1. The Morgan fingerprint density at radius 3 is 2.62 bits per heavy atom. The van der Waals surface area contributed by atoms with Gasteiger partial charge in [0, 0.05) is 11.9 Å². The summed E-state index contributed by atoms with van der Waals surface area (Å²) in [5.74, 6) is 0.806. The monoisotopic (exact) mass is 471 g/mol. The van der Waals surface area contributed by atoms with Crippen LogP contribution in [0.2, 0.25) is 5.02 Å². The molecule has 1 atom stereocenters. The van der Waals surface area contributed by atoms with Crippen molar-refractivity contribution in [3.05, 3.63) is 112 Å². The molecule has 1 aromatic heterocycles. The maximum atomic E-state index is 13.8. The summed E-state index contributed by atoms with van der Waals surface area (Å²) in [6.45, 7) is 4.99. The van der Waals surface area contributed by atoms with Crippen molar-refractivity contribution in [3.63, 3.8) is 0 Å². The van der Waals surface area contributed by atoms with E-state index in [2.05, 4.69) is 28.1 Å². The second-order valence-electron chi connectivity index (χ2n) is 8.38. The molecule has 2 heterocycles. The van der Waals surface area contributed by atoms with Crippen LogP contribution in [-0.2, 0) is 6.54 Å². The van der Waals surface area contributed by atoms with Gasteiger partial charge >= 0.3 is 6.03 Å². The van der Waals surface area contributed by atoms with Crippen molar-refractivity contribution in [2.24, 2.45) is 0 Å². The van der Waals surface area contributed by atoms with Crippen LogP contribution in [0.1, 0.15) is 35.3 Å². The Kier molecular flexibility index (Phi) is 6.03. The van der Waals surface area contributed by atoms with Crippen molar-refractivity contribution in [3.8, 4) is 11.4 Å². The lowest BCUT2D eigenvalue weighted by Crippen LogP contribution is -2.38. The zero-order valence-corrected chi connectivity index (χ0v) is 19.9. The van der Waals surface area contributed by atoms with Crippen molar-refractivity contribution >= 4 is 23.3 Å². The molecular weight excluding hydrogens is 446 g/mol. The van der Waals surface area contributed by atoms with Crippen LogP contribution in [0.15, 0.2) is 85.1 Å². The van der Waals surface area contributed by atoms with Crippen LogP contribution in [0.3, 0.4) is 0 Å². The second kappa shape index (κ2) is 9.27. The molecule has 0 saturated carbocycles. The highest BCUT2D eigenvalue weighted by Crippen LogP contribution is 2.37. The number of para-hydroxylation sites is 1. The molecule has 1 aliphatic heterocycles. The number of amides is 2. The number of halogens is 1. The summed E-state index contributed by atoms with van der Waals surface area (Å²) in [5, 5.41) is 3.56. The molecule has 0 unspecified atom stereocenters. The second-order valence-corrected chi connectivity index (χ2v) is 8.78. The number of fused-ring (bicyclic) bond motifs is 3. The van der Waals surface area contributed by atoms with Gasteiger partial charge in [0.25, 0.3) is 0 Å². The molecular formula is C28H26ClN3O2. The number of hydrogen-bond acceptors (Lipinski definition) is 2. The highest BCUT2D eigenvalue weighted by atomic mass is 35.5. The maximum absolute atomic E-state index is 13.8. The molecule has 0 spiro atoms. The van der Waals surface area contributed by atoms with E-state index in [1.165, 1.54) is 0 Å². The number of urea groups is 1. The van der Waals surface area contributed by atoms with Crippen molar-refractivity contribution in [2.45, 2.75) is 26.4 Å². The third-order valence-corrected chi connectivity index (χ3v) is 6.41. The molecule has 34 heavy (non-hydrogen) atoms. The van der Waals surface area contributed by atoms with E-state index in [-0.39, 0.29) is 12.1 Å². The molecule has 1 N–H and O–H groups in total. The molecule has 5 nitrogen and oxygen atoms in total. The zero-order valence-electron chi connectivity index (χ0n) is 19.2. The van der Waals surface area contributed by atoms with Gasteiger partial charge in [-0.3, -0.25) is 0 Å². The third-order valence-electron chi connectivity index (χ3n) is 6.10. The lowest BCUT2D eigenvalue weighted by Gasteiger charge is -2.31. The smallest absolute Gasteiger partial charge is 0.323 e. The van der Waals surface area contributed by atoms with Gasteiger partial charge in [-0.25, -0.2) is 4.79 Å². The summed E-state index contributed by atoms with van der Waals surface area (Å²) in [7, 11) is 0. The first kappa shape index (κ1) is 22.1. The predicted octanol–water partition coefficient (Wildman–Crippen LogP) is 6.97. The number of nitrogens with zero attached hydrogens (tertiary/aromatic N) is 2. The SMILES string of the molecule is CCOc1ccc([C@H]2c3cccn3-c3ccccc3CN2C(=O)Nc2ccc(C)cc2Cl)cc1. The van der Waals surface area contributed by atoms with Gasteiger partial charge in [0.15, 0.2) is 0 Å². The fourth-order valence-electron chi connectivity index (χ4n) is 4.51. The quantitative estimate of drug-likeness (QED) is 0.349. The van der Waals surface area contributed by atoms with Crippen LogP contribution in [0, 0.1) is 6.92 Å². The molecule has 0 radical (unpaired) electrons. The number of anilines is 1. The number of benzene rings is 3. The molecule has 0 fully saturated rings. The lowest BCUT2D eigenvalue weighted by atomic mass is 10.0. The number of hydrogen-bond donors (Lipinski definition) is 1. The Labute approximate surface area is 204 Å². The minimum Gasteiger partial charge on any atom is -0.494 e. The van der Waals surface area contributed by atoms with Crippen molar-refractivity contribution in [1.82, 2.24) is 9.47 Å². The average Bonchev–Trinajstić information content (AvgIpc) is 3.26. The fraction of sp³-hybridized carbons (Fsp3) is 0.179. The van der Waals surface area contributed by atoms with E-state index in [0.29, 0.717) is 23.9 Å². The van der Waals surface area contributed by atoms with Crippen LogP contribution in [0.5, 0.6) is 5.75 Å². The number of carbonyl (C=O) groups is 1. The van der Waals surface area contributed by atoms with E-state index in [1.54, 1.807) is 0 Å². The number of aryl methyl sites for hydroxylation is 1. The lowest BCUT2D eigenvalue weighted by molar-refractivity contribution is 0.194. The Hall–Kier alpha value is -3.70. The molecule has 0 saturated heterocycles. The van der Waals surface area contributed by atoms with E-state index >= 15 is 0 Å². The standard InChI is InChI=1S/C28H26ClN3O2/c1-3-34-22-13-11-20(12-14-22)27-26-9-6-16-31(26)25-8-5-4-7-21(25)18-32(27)28(33)30-24-15-10-19(2)17-23(24)29/h4-17,27H,3,18H2,1-2H3,(H,30,33)/t27-/m0/s1. The van der Waals surface area contributed by atoms with E-state index < -0.39 is 0 Å². The zero-order chi connectivity index (χ0) is 23.7. The van der Waals surface area contributed by atoms with Crippen molar-refractivity contribution in [2.75, 3.05) is 11.9 Å². The van der Waals surface area contributed by atoms with Gasteiger partial charge < -0.3 is 19.5 Å². The van der Waals surface area contributed by atoms with Crippen LogP contribution < -0.4 is 10.1 Å². The molecule has 172 valence electrons. The Morgan fingerprint density at radius 1 is 1.06 bits per heavy atom. The Morgan fingerprint density at radius 2 is 1.85 bits per heavy atom. The van der Waals surface area contributed by atoms with Crippen LogP contribution in [0.4, 0.5) is 10.5 Å². The summed E-state index contributed by atoms with van der Waals surface area (Å²) >= 11 is 6.44. The summed E-state index contributed by atoms with van der Waals surface area (Å²) in [6.07, 6.45) is 2.05. The number of nitrogens with one attached hydrogen (secondary N) is 1. The van der Waals surface area contributed by atoms with Crippen LogP contribution in [0.25, 0.3) is 5.69 Å². The largest absolute Gasteiger partial charge is 0.494 e. The highest BCUT2D eigenvalue weighted by Gasteiger charge is 2.33. The molecule has 0 bridgehead atoms. The van der Waals surface area contributed by atoms with Gasteiger partial charge in [0.05, 0.1) is 35.6 Å². The average molecular weight is 472 g/mol. The van der Waals surface area contributed by atoms with E-state index in [4.69, 9.17) is 16.3 Å². The molecule has 5 rings (SSSR count). The van der Waals surface area contributed by atoms with Crippen LogP contribution >= 0.6 is 11.6 Å². The van der Waals surface area contributed by atoms with E-state index in [0.717, 1.165) is 33.8 Å². The fourth-order valence-corrected chi connectivity index (χ4v) is 4.79. The molecule has 4 aromatic rings. The van der Waals surface area contributed by atoms with Crippen molar-refractivity contribution < 1.29 is 9.53 Å². The normalized spacial score (nSPS) is 14.7. The molecule has 3 aromatic carbocycles. The molecule has 0 aliphatic carbocycles. The minimum absolute atomic E-state index is 0.214. The summed E-state index contributed by atoms with van der Waals surface area (Å²) < 4.78 is 7.81. The number of aromatic nitrogens is 1. The summed E-state index contributed by atoms with van der Waals surface area (Å²) in [5.41, 5.74) is 5.79. The van der Waals surface area contributed by atoms with E-state index in [1.807, 2.05) is 85.6 Å². The summed E-state index contributed by atoms with van der Waals surface area (Å²) in [4.78, 5) is 15.6. The minimum atomic E-state index is -0.303.